The molecule has 0 aromatic heterocycles. The molecule has 0 radical (unpaired) electrons. The minimum Gasteiger partial charge on any atom is -0.399 e. The quantitative estimate of drug-likeness (QED) is 0.625. The summed E-state index contributed by atoms with van der Waals surface area (Å²) in [7, 11) is 0. The summed E-state index contributed by atoms with van der Waals surface area (Å²) in [6.07, 6.45) is -3.89. The second-order valence-electron chi connectivity index (χ2n) is 3.84. The fourth-order valence-corrected chi connectivity index (χ4v) is 1.17. The number of halogens is 5. The van der Waals surface area contributed by atoms with Gasteiger partial charge < -0.3 is 15.8 Å². The van der Waals surface area contributed by atoms with Crippen LogP contribution in [-0.4, -0.2) is 31.5 Å². The predicted octanol–water partition coefficient (Wildman–Crippen LogP) is 2.26. The first-order valence-corrected chi connectivity index (χ1v) is 5.31. The van der Waals surface area contributed by atoms with E-state index in [1.807, 2.05) is 5.32 Å². The monoisotopic (exact) mass is 298 g/mol. The van der Waals surface area contributed by atoms with E-state index in [2.05, 4.69) is 4.74 Å². The van der Waals surface area contributed by atoms with E-state index in [-0.39, 0.29) is 11.4 Å². The Hall–Kier alpha value is -1.90. The number of hydrogen-bond donors (Lipinski definition) is 2. The molecule has 1 aromatic carbocycles. The fraction of sp³-hybridized carbons (Fsp3) is 0.364. The number of carbonyl (C=O) groups excluding carboxylic acids is 1. The van der Waals surface area contributed by atoms with Crippen molar-refractivity contribution in [1.29, 1.82) is 0 Å². The Labute approximate surface area is 110 Å². The van der Waals surface area contributed by atoms with Crippen LogP contribution in [0.2, 0.25) is 0 Å². The SMILES string of the molecule is Nc1ccc(F)c(NC(=O)COCC(F)(F)C(F)F)c1. The van der Waals surface area contributed by atoms with Gasteiger partial charge in [-0.2, -0.15) is 8.78 Å². The Kier molecular flexibility index (Phi) is 5.26. The second-order valence-corrected chi connectivity index (χ2v) is 3.84. The topological polar surface area (TPSA) is 64.3 Å². The molecule has 0 spiro atoms. The lowest BCUT2D eigenvalue weighted by Gasteiger charge is -2.15. The number of anilines is 2. The van der Waals surface area contributed by atoms with Crippen LogP contribution in [0.1, 0.15) is 0 Å². The lowest BCUT2D eigenvalue weighted by Crippen LogP contribution is -2.34. The van der Waals surface area contributed by atoms with Gasteiger partial charge in [-0.25, -0.2) is 13.2 Å². The molecule has 0 heterocycles. The van der Waals surface area contributed by atoms with Gasteiger partial charge in [-0.3, -0.25) is 4.79 Å². The Morgan fingerprint density at radius 2 is 2.05 bits per heavy atom. The van der Waals surface area contributed by atoms with E-state index in [0.717, 1.165) is 12.1 Å². The summed E-state index contributed by atoms with van der Waals surface area (Å²) in [5, 5.41) is 2.02. The minimum absolute atomic E-state index is 0.173. The van der Waals surface area contributed by atoms with Gasteiger partial charge in [0, 0.05) is 5.69 Å². The zero-order valence-corrected chi connectivity index (χ0v) is 10.0. The smallest absolute Gasteiger partial charge is 0.330 e. The van der Waals surface area contributed by atoms with Gasteiger partial charge in [0.25, 0.3) is 0 Å². The lowest BCUT2D eigenvalue weighted by molar-refractivity contribution is -0.167. The third-order valence-corrected chi connectivity index (χ3v) is 2.11. The Morgan fingerprint density at radius 1 is 1.40 bits per heavy atom. The molecule has 9 heteroatoms. The summed E-state index contributed by atoms with van der Waals surface area (Å²) in [6, 6.07) is 3.36. The van der Waals surface area contributed by atoms with E-state index in [9.17, 15) is 26.7 Å². The highest BCUT2D eigenvalue weighted by molar-refractivity contribution is 5.92. The molecule has 0 unspecified atom stereocenters. The normalized spacial score (nSPS) is 11.7. The maximum Gasteiger partial charge on any atom is 0.330 e. The third kappa shape index (κ3) is 4.65. The molecule has 1 rings (SSSR count). The van der Waals surface area contributed by atoms with Crippen molar-refractivity contribution in [2.75, 3.05) is 24.3 Å². The van der Waals surface area contributed by atoms with E-state index < -0.39 is 37.3 Å². The second kappa shape index (κ2) is 6.51. The number of nitrogens with one attached hydrogen (secondary N) is 1. The van der Waals surface area contributed by atoms with Gasteiger partial charge in [-0.15, -0.1) is 0 Å². The first-order valence-electron chi connectivity index (χ1n) is 5.31. The maximum atomic E-state index is 13.2. The van der Waals surface area contributed by atoms with Crippen molar-refractivity contribution >= 4 is 17.3 Å². The number of ether oxygens (including phenoxy) is 1. The highest BCUT2D eigenvalue weighted by Crippen LogP contribution is 2.23. The number of carbonyl (C=O) groups is 1. The van der Waals surface area contributed by atoms with Crippen LogP contribution in [0.3, 0.4) is 0 Å². The van der Waals surface area contributed by atoms with Crippen LogP contribution in [0.4, 0.5) is 33.3 Å². The van der Waals surface area contributed by atoms with Crippen molar-refractivity contribution in [2.45, 2.75) is 12.3 Å². The summed E-state index contributed by atoms with van der Waals surface area (Å²) in [5.74, 6) is -6.10. The largest absolute Gasteiger partial charge is 0.399 e. The summed E-state index contributed by atoms with van der Waals surface area (Å²) in [4.78, 5) is 11.3. The number of hydrogen-bond acceptors (Lipinski definition) is 3. The van der Waals surface area contributed by atoms with Crippen LogP contribution in [0, 0.1) is 5.82 Å². The van der Waals surface area contributed by atoms with Gasteiger partial charge in [0.1, 0.15) is 19.0 Å². The van der Waals surface area contributed by atoms with Crippen molar-refractivity contribution < 1.29 is 31.5 Å². The molecular formula is C11H11F5N2O2. The molecule has 20 heavy (non-hydrogen) atoms. The Balaban J connectivity index is 2.47. The predicted molar refractivity (Wildman–Crippen MR) is 61.2 cm³/mol. The summed E-state index contributed by atoms with van der Waals surface area (Å²) >= 11 is 0. The number of alkyl halides is 4. The van der Waals surface area contributed by atoms with E-state index in [0.29, 0.717) is 0 Å². The maximum absolute atomic E-state index is 13.2. The summed E-state index contributed by atoms with van der Waals surface area (Å²) in [5.41, 5.74) is 5.27. The molecule has 0 atom stereocenters. The Morgan fingerprint density at radius 3 is 2.65 bits per heavy atom. The van der Waals surface area contributed by atoms with E-state index >= 15 is 0 Å². The molecule has 0 fully saturated rings. The molecule has 0 aliphatic carbocycles. The van der Waals surface area contributed by atoms with Crippen LogP contribution < -0.4 is 11.1 Å². The molecule has 0 saturated heterocycles. The van der Waals surface area contributed by atoms with Crippen molar-refractivity contribution in [2.24, 2.45) is 0 Å². The number of nitrogen functional groups attached to an aromatic ring is 1. The van der Waals surface area contributed by atoms with Gasteiger partial charge in [0.05, 0.1) is 5.69 Å². The van der Waals surface area contributed by atoms with E-state index in [1.54, 1.807) is 0 Å². The zero-order chi connectivity index (χ0) is 15.3. The van der Waals surface area contributed by atoms with E-state index in [1.165, 1.54) is 6.07 Å². The lowest BCUT2D eigenvalue weighted by atomic mass is 10.2. The number of amides is 1. The van der Waals surface area contributed by atoms with Gasteiger partial charge in [0.2, 0.25) is 5.91 Å². The standard InChI is InChI=1S/C11H11F5N2O2/c12-7-2-1-6(17)3-8(7)18-9(19)4-20-5-11(15,16)10(13)14/h1-3,10H,4-5,17H2,(H,18,19). The van der Waals surface area contributed by atoms with Crippen molar-refractivity contribution in [1.82, 2.24) is 0 Å². The molecule has 4 nitrogen and oxygen atoms in total. The molecular weight excluding hydrogens is 287 g/mol. The van der Waals surface area contributed by atoms with Crippen molar-refractivity contribution in [3.05, 3.63) is 24.0 Å². The molecule has 0 aliphatic rings. The number of rotatable bonds is 6. The van der Waals surface area contributed by atoms with Crippen LogP contribution >= 0.6 is 0 Å². The Bertz CT molecular complexity index is 482. The number of benzene rings is 1. The van der Waals surface area contributed by atoms with Crippen molar-refractivity contribution in [3.63, 3.8) is 0 Å². The van der Waals surface area contributed by atoms with Crippen LogP contribution in [0.15, 0.2) is 18.2 Å². The molecule has 1 aromatic rings. The van der Waals surface area contributed by atoms with Gasteiger partial charge in [0.15, 0.2) is 0 Å². The molecule has 112 valence electrons. The molecule has 0 bridgehead atoms. The van der Waals surface area contributed by atoms with Gasteiger partial charge >= 0.3 is 12.3 Å². The van der Waals surface area contributed by atoms with Crippen LogP contribution in [0.25, 0.3) is 0 Å². The van der Waals surface area contributed by atoms with E-state index in [4.69, 9.17) is 5.73 Å². The molecule has 0 saturated carbocycles. The average Bonchev–Trinajstić information content (AvgIpc) is 2.33. The molecule has 3 N–H and O–H groups in total. The first-order chi connectivity index (χ1) is 9.22. The fourth-order valence-electron chi connectivity index (χ4n) is 1.17. The average molecular weight is 298 g/mol. The number of nitrogens with two attached hydrogens (primary N) is 1. The summed E-state index contributed by atoms with van der Waals surface area (Å²) in [6.45, 7) is -2.53. The van der Waals surface area contributed by atoms with Gasteiger partial charge in [-0.1, -0.05) is 0 Å². The van der Waals surface area contributed by atoms with Crippen molar-refractivity contribution in [3.8, 4) is 0 Å². The minimum atomic E-state index is -4.34. The first kappa shape index (κ1) is 16.2. The summed E-state index contributed by atoms with van der Waals surface area (Å²) < 4.78 is 65.9. The molecule has 1 amide bonds. The van der Waals surface area contributed by atoms with Crippen LogP contribution in [0.5, 0.6) is 0 Å². The van der Waals surface area contributed by atoms with Crippen LogP contribution in [-0.2, 0) is 9.53 Å². The zero-order valence-electron chi connectivity index (χ0n) is 10.0. The highest BCUT2D eigenvalue weighted by Gasteiger charge is 2.41. The third-order valence-electron chi connectivity index (χ3n) is 2.11. The highest BCUT2D eigenvalue weighted by atomic mass is 19.3. The molecule has 0 aliphatic heterocycles. The van der Waals surface area contributed by atoms with Gasteiger partial charge in [-0.05, 0) is 18.2 Å².